The molecule has 0 aliphatic carbocycles. The predicted molar refractivity (Wildman–Crippen MR) is 99.1 cm³/mol. The lowest BCUT2D eigenvalue weighted by Gasteiger charge is -2.20. The Morgan fingerprint density at radius 2 is 1.88 bits per heavy atom. The van der Waals surface area contributed by atoms with Crippen molar-refractivity contribution in [3.05, 3.63) is 59.3 Å². The standard InChI is InChI=1S/C21H26N2O2/c1-15-5-10-19(22-13-15)25-18-11-12-23(14-18)20(24)16-6-8-17(9-7-16)21(2,3)4/h5-10,13,18H,11-12,14H2,1-4H3. The zero-order valence-electron chi connectivity index (χ0n) is 15.5. The SMILES string of the molecule is Cc1ccc(OC2CCN(C(=O)c3ccc(C(C)(C)C)cc3)C2)nc1. The van der Waals surface area contributed by atoms with E-state index in [9.17, 15) is 4.79 Å². The van der Waals surface area contributed by atoms with Crippen molar-refractivity contribution in [2.45, 2.75) is 45.6 Å². The minimum Gasteiger partial charge on any atom is -0.472 e. The van der Waals surface area contributed by atoms with Gasteiger partial charge in [-0.3, -0.25) is 4.79 Å². The molecular weight excluding hydrogens is 312 g/mol. The highest BCUT2D eigenvalue weighted by atomic mass is 16.5. The monoisotopic (exact) mass is 338 g/mol. The molecule has 1 aliphatic heterocycles. The number of likely N-dealkylation sites (tertiary alicyclic amines) is 1. The Bertz CT molecular complexity index is 730. The number of hydrogen-bond donors (Lipinski definition) is 0. The Morgan fingerprint density at radius 3 is 2.48 bits per heavy atom. The summed E-state index contributed by atoms with van der Waals surface area (Å²) in [7, 11) is 0. The molecule has 0 bridgehead atoms. The van der Waals surface area contributed by atoms with Crippen molar-refractivity contribution in [1.82, 2.24) is 9.88 Å². The fourth-order valence-electron chi connectivity index (χ4n) is 3.00. The fraction of sp³-hybridized carbons (Fsp3) is 0.429. The molecule has 1 unspecified atom stereocenters. The lowest BCUT2D eigenvalue weighted by molar-refractivity contribution is 0.0771. The molecular formula is C21H26N2O2. The average Bonchev–Trinajstić information content (AvgIpc) is 3.04. The van der Waals surface area contributed by atoms with Gasteiger partial charge >= 0.3 is 0 Å². The second kappa shape index (κ2) is 6.87. The van der Waals surface area contributed by atoms with E-state index in [1.807, 2.05) is 48.2 Å². The van der Waals surface area contributed by atoms with Crippen LogP contribution in [0.1, 0.15) is 48.7 Å². The lowest BCUT2D eigenvalue weighted by Crippen LogP contribution is -2.31. The predicted octanol–water partition coefficient (Wildman–Crippen LogP) is 3.98. The Labute approximate surface area is 149 Å². The third-order valence-corrected chi connectivity index (χ3v) is 4.60. The fourth-order valence-corrected chi connectivity index (χ4v) is 3.00. The number of hydrogen-bond acceptors (Lipinski definition) is 3. The molecule has 1 aliphatic rings. The van der Waals surface area contributed by atoms with Gasteiger partial charge in [0.1, 0.15) is 6.10 Å². The Balaban J connectivity index is 1.61. The zero-order valence-corrected chi connectivity index (χ0v) is 15.5. The molecule has 2 aromatic rings. The minimum atomic E-state index is 0.00741. The summed E-state index contributed by atoms with van der Waals surface area (Å²) in [5.74, 6) is 0.697. The van der Waals surface area contributed by atoms with Crippen LogP contribution >= 0.6 is 0 Å². The smallest absolute Gasteiger partial charge is 0.253 e. The summed E-state index contributed by atoms with van der Waals surface area (Å²) < 4.78 is 5.91. The maximum absolute atomic E-state index is 12.7. The second-order valence-corrected chi connectivity index (χ2v) is 7.78. The molecule has 1 amide bonds. The van der Waals surface area contributed by atoms with Crippen LogP contribution < -0.4 is 4.74 Å². The summed E-state index contributed by atoms with van der Waals surface area (Å²) in [6.07, 6.45) is 2.64. The van der Waals surface area contributed by atoms with Gasteiger partial charge in [-0.2, -0.15) is 0 Å². The van der Waals surface area contributed by atoms with Crippen LogP contribution in [-0.2, 0) is 5.41 Å². The summed E-state index contributed by atoms with van der Waals surface area (Å²) in [4.78, 5) is 18.8. The summed E-state index contributed by atoms with van der Waals surface area (Å²) >= 11 is 0. The number of rotatable bonds is 3. The van der Waals surface area contributed by atoms with E-state index in [1.54, 1.807) is 6.20 Å². The number of ether oxygens (including phenoxy) is 1. The van der Waals surface area contributed by atoms with Crippen molar-refractivity contribution in [2.24, 2.45) is 0 Å². The van der Waals surface area contributed by atoms with Crippen molar-refractivity contribution in [1.29, 1.82) is 0 Å². The van der Waals surface area contributed by atoms with Crippen molar-refractivity contribution >= 4 is 5.91 Å². The number of nitrogens with zero attached hydrogens (tertiary/aromatic N) is 2. The van der Waals surface area contributed by atoms with Gasteiger partial charge in [0.2, 0.25) is 5.88 Å². The topological polar surface area (TPSA) is 42.4 Å². The van der Waals surface area contributed by atoms with E-state index in [1.165, 1.54) is 5.56 Å². The largest absolute Gasteiger partial charge is 0.472 e. The van der Waals surface area contributed by atoms with Crippen LogP contribution in [0.3, 0.4) is 0 Å². The van der Waals surface area contributed by atoms with Gasteiger partial charge in [0, 0.05) is 30.8 Å². The molecule has 25 heavy (non-hydrogen) atoms. The van der Waals surface area contributed by atoms with Crippen molar-refractivity contribution in [3.8, 4) is 5.88 Å². The van der Waals surface area contributed by atoms with Gasteiger partial charge in [-0.05, 0) is 35.6 Å². The number of carbonyl (C=O) groups excluding carboxylic acids is 1. The number of benzene rings is 1. The number of pyridine rings is 1. The number of aryl methyl sites for hydroxylation is 1. The quantitative estimate of drug-likeness (QED) is 0.850. The molecule has 132 valence electrons. The van der Waals surface area contributed by atoms with Gasteiger partial charge in [0.25, 0.3) is 5.91 Å². The van der Waals surface area contributed by atoms with Crippen LogP contribution in [0.2, 0.25) is 0 Å². The summed E-state index contributed by atoms with van der Waals surface area (Å²) in [6, 6.07) is 11.8. The molecule has 4 heteroatoms. The van der Waals surface area contributed by atoms with Crippen molar-refractivity contribution in [3.63, 3.8) is 0 Å². The van der Waals surface area contributed by atoms with Gasteiger partial charge in [0.15, 0.2) is 0 Å². The Kier molecular flexibility index (Phi) is 4.80. The highest BCUT2D eigenvalue weighted by molar-refractivity contribution is 5.94. The number of carbonyl (C=O) groups is 1. The molecule has 1 aromatic heterocycles. The van der Waals surface area contributed by atoms with Crippen LogP contribution in [0.15, 0.2) is 42.6 Å². The molecule has 1 aromatic carbocycles. The third kappa shape index (κ3) is 4.19. The molecule has 0 spiro atoms. The molecule has 1 fully saturated rings. The van der Waals surface area contributed by atoms with Gasteiger partial charge in [-0.1, -0.05) is 39.0 Å². The molecule has 2 heterocycles. The molecule has 3 rings (SSSR count). The number of aromatic nitrogens is 1. The maximum atomic E-state index is 12.7. The van der Waals surface area contributed by atoms with E-state index in [2.05, 4.69) is 25.8 Å². The van der Waals surface area contributed by atoms with Gasteiger partial charge < -0.3 is 9.64 Å². The van der Waals surface area contributed by atoms with Gasteiger partial charge in [-0.25, -0.2) is 4.98 Å². The van der Waals surface area contributed by atoms with Crippen LogP contribution in [0.4, 0.5) is 0 Å². The average molecular weight is 338 g/mol. The summed E-state index contributed by atoms with van der Waals surface area (Å²) in [6.45, 7) is 9.84. The van der Waals surface area contributed by atoms with E-state index in [-0.39, 0.29) is 17.4 Å². The first-order valence-corrected chi connectivity index (χ1v) is 8.82. The van der Waals surface area contributed by atoms with E-state index in [0.29, 0.717) is 12.4 Å². The van der Waals surface area contributed by atoms with Gasteiger partial charge in [0.05, 0.1) is 6.54 Å². The summed E-state index contributed by atoms with van der Waals surface area (Å²) in [5.41, 5.74) is 3.17. The first-order chi connectivity index (χ1) is 11.8. The Morgan fingerprint density at radius 1 is 1.16 bits per heavy atom. The first kappa shape index (κ1) is 17.5. The van der Waals surface area contributed by atoms with Crippen molar-refractivity contribution < 1.29 is 9.53 Å². The van der Waals surface area contributed by atoms with Gasteiger partial charge in [-0.15, -0.1) is 0 Å². The van der Waals surface area contributed by atoms with Crippen LogP contribution in [-0.4, -0.2) is 35.0 Å². The normalized spacial score (nSPS) is 17.6. The zero-order chi connectivity index (χ0) is 18.0. The van der Waals surface area contributed by atoms with Crippen molar-refractivity contribution in [2.75, 3.05) is 13.1 Å². The molecule has 4 nitrogen and oxygen atoms in total. The number of amides is 1. The van der Waals surface area contributed by atoms with Crippen LogP contribution in [0, 0.1) is 6.92 Å². The molecule has 0 saturated carbocycles. The lowest BCUT2D eigenvalue weighted by atomic mass is 9.86. The van der Waals surface area contributed by atoms with Crippen LogP contribution in [0.5, 0.6) is 5.88 Å². The molecule has 1 saturated heterocycles. The third-order valence-electron chi connectivity index (χ3n) is 4.60. The summed E-state index contributed by atoms with van der Waals surface area (Å²) in [5, 5.41) is 0. The molecule has 1 atom stereocenters. The molecule has 0 radical (unpaired) electrons. The van der Waals surface area contributed by atoms with E-state index >= 15 is 0 Å². The highest BCUT2D eigenvalue weighted by Crippen LogP contribution is 2.23. The van der Waals surface area contributed by atoms with E-state index in [0.717, 1.165) is 24.1 Å². The molecule has 0 N–H and O–H groups in total. The van der Waals surface area contributed by atoms with E-state index < -0.39 is 0 Å². The van der Waals surface area contributed by atoms with E-state index in [4.69, 9.17) is 4.74 Å². The van der Waals surface area contributed by atoms with Crippen LogP contribution in [0.25, 0.3) is 0 Å². The maximum Gasteiger partial charge on any atom is 0.253 e. The first-order valence-electron chi connectivity index (χ1n) is 8.82. The minimum absolute atomic E-state index is 0.00741. The Hall–Kier alpha value is -2.36. The highest BCUT2D eigenvalue weighted by Gasteiger charge is 2.28. The second-order valence-electron chi connectivity index (χ2n) is 7.78.